The number of aromatic nitrogens is 2. The smallest absolute Gasteiger partial charge is 0.419 e. The summed E-state index contributed by atoms with van der Waals surface area (Å²) in [4.78, 5) is 0. The predicted molar refractivity (Wildman–Crippen MR) is 119 cm³/mol. The van der Waals surface area contributed by atoms with Gasteiger partial charge in [0.15, 0.2) is 0 Å². The second-order valence-corrected chi connectivity index (χ2v) is 8.81. The number of ether oxygens (including phenoxy) is 1. The minimum absolute atomic E-state index is 0.0271. The fourth-order valence-electron chi connectivity index (χ4n) is 3.28. The maximum atomic E-state index is 13.6. The minimum atomic E-state index is -4.66. The number of nitrogens with zero attached hydrogens (tertiary/aromatic N) is 2. The molecule has 0 spiro atoms. The first-order valence-electron chi connectivity index (χ1n) is 10.7. The Morgan fingerprint density at radius 1 is 0.943 bits per heavy atom. The Hall–Kier alpha value is -2.70. The molecule has 0 saturated carbocycles. The minimum Gasteiger partial charge on any atom is -0.493 e. The van der Waals surface area contributed by atoms with Crippen LogP contribution in [-0.2, 0) is 18.8 Å². The van der Waals surface area contributed by atoms with Gasteiger partial charge >= 0.3 is 12.4 Å². The van der Waals surface area contributed by atoms with Crippen LogP contribution in [0, 0.1) is 0 Å². The van der Waals surface area contributed by atoms with Crippen LogP contribution in [0.1, 0.15) is 47.0 Å². The third-order valence-electron chi connectivity index (χ3n) is 5.11. The molecule has 0 aliphatic carbocycles. The molecular formula is C23H23F6N3O2S. The van der Waals surface area contributed by atoms with Gasteiger partial charge in [-0.2, -0.15) is 26.3 Å². The van der Waals surface area contributed by atoms with E-state index in [0.29, 0.717) is 36.3 Å². The zero-order valence-electron chi connectivity index (χ0n) is 18.4. The Morgan fingerprint density at radius 2 is 1.71 bits per heavy atom. The zero-order chi connectivity index (χ0) is 25.6. The van der Waals surface area contributed by atoms with E-state index in [2.05, 4.69) is 10.2 Å². The highest BCUT2D eigenvalue weighted by Crippen LogP contribution is 2.39. The van der Waals surface area contributed by atoms with Gasteiger partial charge in [-0.25, -0.2) is 0 Å². The Morgan fingerprint density at radius 3 is 2.40 bits per heavy atom. The molecule has 190 valence electrons. The third kappa shape index (κ3) is 7.39. The van der Waals surface area contributed by atoms with E-state index < -0.39 is 29.5 Å². The summed E-state index contributed by atoms with van der Waals surface area (Å²) in [5.41, 5.74) is 4.75. The van der Waals surface area contributed by atoms with E-state index in [-0.39, 0.29) is 29.5 Å². The number of hydrogen-bond donors (Lipinski definition) is 2. The second kappa shape index (κ2) is 11.4. The number of unbranched alkanes of at least 4 members (excludes halogenated alkanes) is 2. The monoisotopic (exact) mass is 519 g/mol. The van der Waals surface area contributed by atoms with Crippen LogP contribution in [0.5, 0.6) is 5.75 Å². The van der Waals surface area contributed by atoms with Crippen LogP contribution in [0.3, 0.4) is 0 Å². The molecule has 1 unspecified atom stereocenters. The van der Waals surface area contributed by atoms with Gasteiger partial charge in [0.1, 0.15) is 15.8 Å². The Labute approximate surface area is 201 Å². The van der Waals surface area contributed by atoms with Crippen molar-refractivity contribution < 1.29 is 36.2 Å². The van der Waals surface area contributed by atoms with Crippen LogP contribution < -0.4 is 10.5 Å². The van der Waals surface area contributed by atoms with Crippen LogP contribution in [0.15, 0.2) is 42.5 Å². The molecule has 35 heavy (non-hydrogen) atoms. The van der Waals surface area contributed by atoms with Crippen molar-refractivity contribution in [3.8, 4) is 16.3 Å². The summed E-state index contributed by atoms with van der Waals surface area (Å²) in [6, 6.07) is 7.90. The molecule has 3 N–H and O–H groups in total. The molecule has 0 fully saturated rings. The number of rotatable bonds is 10. The van der Waals surface area contributed by atoms with E-state index in [4.69, 9.17) is 15.6 Å². The van der Waals surface area contributed by atoms with Crippen molar-refractivity contribution in [2.45, 2.75) is 44.1 Å². The molecule has 1 heterocycles. The van der Waals surface area contributed by atoms with Gasteiger partial charge in [-0.1, -0.05) is 29.5 Å². The predicted octanol–water partition coefficient (Wildman–Crippen LogP) is 6.03. The fourth-order valence-corrected chi connectivity index (χ4v) is 4.11. The standard InChI is InChI=1S/C23H23F6N3O2S/c24-22(25,26)16-7-4-6-14(11-16)5-2-1-3-10-34-19-9-8-15(12-17(19)23(27,28)29)20-31-32-21(35-20)18(30)13-33/h4,6-9,11-12,18,33H,1-3,5,10,13,30H2. The van der Waals surface area contributed by atoms with Crippen molar-refractivity contribution in [1.82, 2.24) is 10.2 Å². The molecule has 0 bridgehead atoms. The zero-order valence-corrected chi connectivity index (χ0v) is 19.2. The number of alkyl halides is 6. The Kier molecular flexibility index (Phi) is 8.73. The molecule has 0 aliphatic rings. The largest absolute Gasteiger partial charge is 0.493 e. The van der Waals surface area contributed by atoms with E-state index in [9.17, 15) is 26.3 Å². The SMILES string of the molecule is NC(CO)c1nnc(-c2ccc(OCCCCCc3cccc(C(F)(F)F)c3)c(C(F)(F)F)c2)s1. The summed E-state index contributed by atoms with van der Waals surface area (Å²) in [5, 5.41) is 17.3. The summed E-state index contributed by atoms with van der Waals surface area (Å²) in [6.45, 7) is -0.339. The van der Waals surface area contributed by atoms with Crippen LogP contribution >= 0.6 is 11.3 Å². The van der Waals surface area contributed by atoms with Crippen LogP contribution in [0.4, 0.5) is 26.3 Å². The number of halogens is 6. The van der Waals surface area contributed by atoms with Gasteiger partial charge in [-0.3, -0.25) is 0 Å². The lowest BCUT2D eigenvalue weighted by molar-refractivity contribution is -0.139. The molecular weight excluding hydrogens is 496 g/mol. The average molecular weight is 520 g/mol. The lowest BCUT2D eigenvalue weighted by Gasteiger charge is -2.15. The van der Waals surface area contributed by atoms with Crippen molar-refractivity contribution in [2.75, 3.05) is 13.2 Å². The second-order valence-electron chi connectivity index (χ2n) is 7.80. The molecule has 3 aromatic rings. The van der Waals surface area contributed by atoms with Crippen LogP contribution in [0.2, 0.25) is 0 Å². The summed E-state index contributed by atoms with van der Waals surface area (Å²) in [5.74, 6) is -0.323. The average Bonchev–Trinajstić information content (AvgIpc) is 3.30. The lowest BCUT2D eigenvalue weighted by Crippen LogP contribution is -2.13. The highest BCUT2D eigenvalue weighted by atomic mass is 32.1. The van der Waals surface area contributed by atoms with E-state index in [1.54, 1.807) is 6.07 Å². The van der Waals surface area contributed by atoms with Gasteiger partial charge < -0.3 is 15.6 Å². The van der Waals surface area contributed by atoms with Gasteiger partial charge in [0.05, 0.1) is 30.4 Å². The third-order valence-corrected chi connectivity index (χ3v) is 6.21. The lowest BCUT2D eigenvalue weighted by atomic mass is 10.0. The number of aliphatic hydroxyl groups is 1. The normalized spacial score (nSPS) is 13.1. The van der Waals surface area contributed by atoms with Crippen molar-refractivity contribution in [3.05, 3.63) is 64.2 Å². The van der Waals surface area contributed by atoms with Crippen molar-refractivity contribution in [2.24, 2.45) is 5.73 Å². The number of nitrogens with two attached hydrogens (primary N) is 1. The Balaban J connectivity index is 1.57. The van der Waals surface area contributed by atoms with Gasteiger partial charge in [0.2, 0.25) is 0 Å². The van der Waals surface area contributed by atoms with E-state index in [0.717, 1.165) is 29.5 Å². The molecule has 0 aliphatic heterocycles. The van der Waals surface area contributed by atoms with Crippen molar-refractivity contribution in [1.29, 1.82) is 0 Å². The van der Waals surface area contributed by atoms with E-state index in [1.165, 1.54) is 18.2 Å². The van der Waals surface area contributed by atoms with Gasteiger partial charge in [-0.05, 0) is 55.5 Å². The summed E-state index contributed by atoms with van der Waals surface area (Å²) in [7, 11) is 0. The molecule has 5 nitrogen and oxygen atoms in total. The molecule has 0 radical (unpaired) electrons. The number of benzene rings is 2. The van der Waals surface area contributed by atoms with Gasteiger partial charge in [0, 0.05) is 5.56 Å². The van der Waals surface area contributed by atoms with Crippen LogP contribution in [-0.4, -0.2) is 28.5 Å². The fraction of sp³-hybridized carbons (Fsp3) is 0.391. The molecule has 1 atom stereocenters. The maximum absolute atomic E-state index is 13.6. The summed E-state index contributed by atoms with van der Waals surface area (Å²) in [6.07, 6.45) is -7.05. The van der Waals surface area contributed by atoms with E-state index >= 15 is 0 Å². The topological polar surface area (TPSA) is 81.3 Å². The molecule has 12 heteroatoms. The number of aliphatic hydroxyl groups excluding tert-OH is 1. The summed E-state index contributed by atoms with van der Waals surface area (Å²) < 4.78 is 84.6. The van der Waals surface area contributed by atoms with Crippen LogP contribution in [0.25, 0.3) is 10.6 Å². The molecule has 1 aromatic heterocycles. The highest BCUT2D eigenvalue weighted by Gasteiger charge is 2.35. The first-order chi connectivity index (χ1) is 16.5. The van der Waals surface area contributed by atoms with E-state index in [1.807, 2.05) is 0 Å². The highest BCUT2D eigenvalue weighted by molar-refractivity contribution is 7.14. The van der Waals surface area contributed by atoms with Gasteiger partial charge in [-0.15, -0.1) is 10.2 Å². The van der Waals surface area contributed by atoms with Crippen molar-refractivity contribution in [3.63, 3.8) is 0 Å². The first-order valence-corrected chi connectivity index (χ1v) is 11.5. The Bertz CT molecular complexity index is 1120. The number of hydrogen-bond acceptors (Lipinski definition) is 6. The summed E-state index contributed by atoms with van der Waals surface area (Å²) >= 11 is 0.993. The molecule has 3 rings (SSSR count). The molecule has 0 saturated heterocycles. The molecule has 2 aromatic carbocycles. The number of aryl methyl sites for hydroxylation is 1. The molecule has 0 amide bonds. The first kappa shape index (κ1) is 26.9. The maximum Gasteiger partial charge on any atom is 0.419 e. The van der Waals surface area contributed by atoms with Gasteiger partial charge in [0.25, 0.3) is 0 Å². The van der Waals surface area contributed by atoms with Crippen molar-refractivity contribution >= 4 is 11.3 Å². The quantitative estimate of drug-likeness (QED) is 0.253.